The van der Waals surface area contributed by atoms with Crippen LogP contribution in [-0.4, -0.2) is 49.3 Å². The minimum absolute atomic E-state index is 0.311. The molecule has 0 spiro atoms. The predicted molar refractivity (Wildman–Crippen MR) is 82.7 cm³/mol. The maximum atomic E-state index is 5.48. The lowest BCUT2D eigenvalue weighted by Gasteiger charge is -2.50. The predicted octanol–water partition coefficient (Wildman–Crippen LogP) is 3.04. The van der Waals surface area contributed by atoms with E-state index in [2.05, 4.69) is 37.9 Å². The molecule has 1 saturated heterocycles. The normalized spacial score (nSPS) is 25.4. The van der Waals surface area contributed by atoms with Crippen molar-refractivity contribution >= 4 is 0 Å². The lowest BCUT2D eigenvalue weighted by atomic mass is 9.87. The van der Waals surface area contributed by atoms with Crippen LogP contribution in [0.4, 0.5) is 0 Å². The number of nitrogens with one attached hydrogen (secondary N) is 1. The summed E-state index contributed by atoms with van der Waals surface area (Å²) in [4.78, 5) is 2.73. The number of rotatable bonds is 8. The van der Waals surface area contributed by atoms with E-state index in [0.29, 0.717) is 17.6 Å². The molecule has 1 aliphatic heterocycles. The van der Waals surface area contributed by atoms with Crippen molar-refractivity contribution < 1.29 is 4.74 Å². The summed E-state index contributed by atoms with van der Waals surface area (Å²) < 4.78 is 5.48. The Bertz CT molecular complexity index is 235. The van der Waals surface area contributed by atoms with Crippen molar-refractivity contribution in [2.75, 3.05) is 26.8 Å². The zero-order chi connectivity index (χ0) is 14.3. The van der Waals surface area contributed by atoms with Gasteiger partial charge < -0.3 is 10.1 Å². The van der Waals surface area contributed by atoms with Crippen LogP contribution in [0, 0.1) is 0 Å². The molecular weight excluding hydrogens is 236 g/mol. The van der Waals surface area contributed by atoms with E-state index >= 15 is 0 Å². The van der Waals surface area contributed by atoms with Crippen molar-refractivity contribution in [3.8, 4) is 0 Å². The Morgan fingerprint density at radius 1 is 1.26 bits per heavy atom. The summed E-state index contributed by atoms with van der Waals surface area (Å²) in [5.41, 5.74) is 0.311. The summed E-state index contributed by atoms with van der Waals surface area (Å²) in [5.74, 6) is 0. The molecule has 2 atom stereocenters. The van der Waals surface area contributed by atoms with Gasteiger partial charge in [0, 0.05) is 37.8 Å². The molecular formula is C16H34N2O. The quantitative estimate of drug-likeness (QED) is 0.733. The van der Waals surface area contributed by atoms with E-state index in [1.54, 1.807) is 0 Å². The minimum atomic E-state index is 0.311. The second-order valence-corrected chi connectivity index (χ2v) is 6.00. The molecule has 0 aromatic rings. The van der Waals surface area contributed by atoms with E-state index in [4.69, 9.17) is 4.74 Å². The van der Waals surface area contributed by atoms with Gasteiger partial charge >= 0.3 is 0 Å². The topological polar surface area (TPSA) is 24.5 Å². The van der Waals surface area contributed by atoms with Gasteiger partial charge in [-0.05, 0) is 25.7 Å². The molecule has 0 saturated carbocycles. The highest BCUT2D eigenvalue weighted by atomic mass is 16.5. The van der Waals surface area contributed by atoms with E-state index in [9.17, 15) is 0 Å². The first-order chi connectivity index (χ1) is 9.16. The van der Waals surface area contributed by atoms with E-state index < -0.39 is 0 Å². The standard InChI is InChI=1S/C16H34N2O/c1-6-10-15(12-19-5)18-13-16(8-3,9-4)17-11-14(18)7-2/h14-15,17H,6-13H2,1-5H3. The molecule has 1 aliphatic rings. The van der Waals surface area contributed by atoms with Crippen LogP contribution in [0.5, 0.6) is 0 Å². The fourth-order valence-electron chi connectivity index (χ4n) is 3.39. The number of hydrogen-bond donors (Lipinski definition) is 1. The fourth-order valence-corrected chi connectivity index (χ4v) is 3.39. The smallest absolute Gasteiger partial charge is 0.0618 e. The van der Waals surface area contributed by atoms with Crippen LogP contribution in [0.2, 0.25) is 0 Å². The number of nitrogens with zero attached hydrogens (tertiary/aromatic N) is 1. The van der Waals surface area contributed by atoms with Gasteiger partial charge in [-0.25, -0.2) is 0 Å². The van der Waals surface area contributed by atoms with Gasteiger partial charge in [-0.2, -0.15) is 0 Å². The summed E-state index contributed by atoms with van der Waals surface area (Å²) in [7, 11) is 1.83. The van der Waals surface area contributed by atoms with Crippen LogP contribution in [0.25, 0.3) is 0 Å². The maximum absolute atomic E-state index is 5.48. The third kappa shape index (κ3) is 4.17. The highest BCUT2D eigenvalue weighted by Crippen LogP contribution is 2.26. The Kier molecular flexibility index (Phi) is 7.33. The van der Waals surface area contributed by atoms with Crippen LogP contribution >= 0.6 is 0 Å². The zero-order valence-electron chi connectivity index (χ0n) is 13.7. The second kappa shape index (κ2) is 8.23. The van der Waals surface area contributed by atoms with Crippen molar-refractivity contribution in [3.63, 3.8) is 0 Å². The molecule has 2 unspecified atom stereocenters. The number of piperazine rings is 1. The van der Waals surface area contributed by atoms with Gasteiger partial charge in [-0.15, -0.1) is 0 Å². The fraction of sp³-hybridized carbons (Fsp3) is 1.00. The Morgan fingerprint density at radius 2 is 1.95 bits per heavy atom. The first kappa shape index (κ1) is 16.9. The van der Waals surface area contributed by atoms with E-state index in [0.717, 1.165) is 13.2 Å². The number of hydrogen-bond acceptors (Lipinski definition) is 3. The van der Waals surface area contributed by atoms with Crippen LogP contribution in [0.3, 0.4) is 0 Å². The third-order valence-electron chi connectivity index (χ3n) is 4.94. The summed E-state index contributed by atoms with van der Waals surface area (Å²) in [6.07, 6.45) is 6.12. The lowest BCUT2D eigenvalue weighted by Crippen LogP contribution is -2.66. The molecule has 0 aromatic carbocycles. The average Bonchev–Trinajstić information content (AvgIpc) is 2.46. The molecule has 0 bridgehead atoms. The van der Waals surface area contributed by atoms with Gasteiger partial charge in [0.1, 0.15) is 0 Å². The lowest BCUT2D eigenvalue weighted by molar-refractivity contribution is 0.000289. The van der Waals surface area contributed by atoms with Crippen LogP contribution < -0.4 is 5.32 Å². The molecule has 19 heavy (non-hydrogen) atoms. The first-order valence-electron chi connectivity index (χ1n) is 8.16. The summed E-state index contributed by atoms with van der Waals surface area (Å²) in [6.45, 7) is 12.4. The highest BCUT2D eigenvalue weighted by molar-refractivity contribution is 4.98. The van der Waals surface area contributed by atoms with Crippen LogP contribution in [0.15, 0.2) is 0 Å². The molecule has 0 amide bonds. The van der Waals surface area contributed by atoms with Crippen LogP contribution in [-0.2, 0) is 4.74 Å². The molecule has 1 N–H and O–H groups in total. The van der Waals surface area contributed by atoms with E-state index in [-0.39, 0.29) is 0 Å². The molecule has 0 aliphatic carbocycles. The Labute approximate surface area is 120 Å². The van der Waals surface area contributed by atoms with Gasteiger partial charge in [-0.1, -0.05) is 34.1 Å². The van der Waals surface area contributed by atoms with Crippen LogP contribution in [0.1, 0.15) is 59.8 Å². The molecule has 0 radical (unpaired) electrons. The highest BCUT2D eigenvalue weighted by Gasteiger charge is 2.38. The Balaban J connectivity index is 2.82. The SMILES string of the molecule is CCCC(COC)N1CC(CC)(CC)NCC1CC. The molecule has 1 heterocycles. The summed E-state index contributed by atoms with van der Waals surface area (Å²) in [5, 5.41) is 3.82. The molecule has 1 rings (SSSR count). The minimum Gasteiger partial charge on any atom is -0.383 e. The van der Waals surface area contributed by atoms with Gasteiger partial charge in [-0.3, -0.25) is 4.90 Å². The average molecular weight is 270 g/mol. The first-order valence-corrected chi connectivity index (χ1v) is 8.16. The van der Waals surface area contributed by atoms with Crippen molar-refractivity contribution in [2.24, 2.45) is 0 Å². The number of ether oxygens (including phenoxy) is 1. The van der Waals surface area contributed by atoms with Gasteiger partial charge in [0.2, 0.25) is 0 Å². The Hall–Kier alpha value is -0.120. The van der Waals surface area contributed by atoms with E-state index in [1.165, 1.54) is 38.6 Å². The van der Waals surface area contributed by atoms with Crippen molar-refractivity contribution in [3.05, 3.63) is 0 Å². The zero-order valence-corrected chi connectivity index (χ0v) is 13.7. The third-order valence-corrected chi connectivity index (χ3v) is 4.94. The van der Waals surface area contributed by atoms with Gasteiger partial charge in [0.05, 0.1) is 6.61 Å². The monoisotopic (exact) mass is 270 g/mol. The van der Waals surface area contributed by atoms with Gasteiger partial charge in [0.15, 0.2) is 0 Å². The molecule has 1 fully saturated rings. The van der Waals surface area contributed by atoms with Crippen molar-refractivity contribution in [2.45, 2.75) is 77.4 Å². The van der Waals surface area contributed by atoms with E-state index in [1.807, 2.05) is 7.11 Å². The largest absolute Gasteiger partial charge is 0.383 e. The van der Waals surface area contributed by atoms with Crippen molar-refractivity contribution in [1.29, 1.82) is 0 Å². The van der Waals surface area contributed by atoms with Gasteiger partial charge in [0.25, 0.3) is 0 Å². The summed E-state index contributed by atoms with van der Waals surface area (Å²) >= 11 is 0. The molecule has 0 aromatic heterocycles. The maximum Gasteiger partial charge on any atom is 0.0618 e. The number of methoxy groups -OCH3 is 1. The molecule has 3 nitrogen and oxygen atoms in total. The Morgan fingerprint density at radius 3 is 2.42 bits per heavy atom. The summed E-state index contributed by atoms with van der Waals surface area (Å²) in [6, 6.07) is 1.25. The molecule has 114 valence electrons. The van der Waals surface area contributed by atoms with Crippen molar-refractivity contribution in [1.82, 2.24) is 10.2 Å². The second-order valence-electron chi connectivity index (χ2n) is 6.00. The molecule has 3 heteroatoms.